The van der Waals surface area contributed by atoms with Crippen molar-refractivity contribution in [1.82, 2.24) is 0 Å². The van der Waals surface area contributed by atoms with Crippen LogP contribution in [0.4, 0.5) is 5.69 Å². The molecule has 1 aromatic rings. The summed E-state index contributed by atoms with van der Waals surface area (Å²) in [6, 6.07) is 5.67. The first-order chi connectivity index (χ1) is 11.0. The molecule has 2 fully saturated rings. The molecular formula is C18H22BrNO3. The van der Waals surface area contributed by atoms with Crippen molar-refractivity contribution in [3.8, 4) is 0 Å². The summed E-state index contributed by atoms with van der Waals surface area (Å²) in [5, 5.41) is 2.75. The van der Waals surface area contributed by atoms with Crippen molar-refractivity contribution in [2.45, 2.75) is 39.0 Å². The van der Waals surface area contributed by atoms with Crippen LogP contribution in [0.5, 0.6) is 0 Å². The fraction of sp³-hybridized carbons (Fsp3) is 0.556. The van der Waals surface area contributed by atoms with E-state index < -0.39 is 0 Å². The molecule has 3 atom stereocenters. The highest BCUT2D eigenvalue weighted by molar-refractivity contribution is 9.10. The van der Waals surface area contributed by atoms with Crippen molar-refractivity contribution in [3.63, 3.8) is 0 Å². The van der Waals surface area contributed by atoms with Gasteiger partial charge in [-0.1, -0.05) is 12.5 Å². The van der Waals surface area contributed by atoms with Crippen LogP contribution in [0.2, 0.25) is 0 Å². The maximum atomic E-state index is 11.9. The van der Waals surface area contributed by atoms with Gasteiger partial charge in [-0.2, -0.15) is 0 Å². The van der Waals surface area contributed by atoms with Crippen LogP contribution in [0.3, 0.4) is 0 Å². The summed E-state index contributed by atoms with van der Waals surface area (Å²) in [5.74, 6) is 1.43. The van der Waals surface area contributed by atoms with Gasteiger partial charge < -0.3 is 10.1 Å². The quantitative estimate of drug-likeness (QED) is 0.784. The first kappa shape index (κ1) is 16.5. The molecule has 1 amide bonds. The Bertz CT molecular complexity index is 616. The third kappa shape index (κ3) is 4.14. The number of halogens is 1. The van der Waals surface area contributed by atoms with Crippen molar-refractivity contribution >= 4 is 33.5 Å². The first-order valence-electron chi connectivity index (χ1n) is 8.23. The highest BCUT2D eigenvalue weighted by atomic mass is 79.9. The Morgan fingerprint density at radius 3 is 2.78 bits per heavy atom. The molecule has 4 nitrogen and oxygen atoms in total. The van der Waals surface area contributed by atoms with E-state index in [0.717, 1.165) is 22.4 Å². The molecule has 1 N–H and O–H groups in total. The van der Waals surface area contributed by atoms with Gasteiger partial charge in [0.1, 0.15) is 0 Å². The number of aryl methyl sites for hydroxylation is 1. The largest absolute Gasteiger partial charge is 0.456 e. The van der Waals surface area contributed by atoms with Gasteiger partial charge in [-0.25, -0.2) is 0 Å². The minimum atomic E-state index is -0.309. The number of fused-ring (bicyclic) bond motifs is 2. The number of benzene rings is 1. The van der Waals surface area contributed by atoms with Crippen LogP contribution < -0.4 is 5.32 Å². The highest BCUT2D eigenvalue weighted by Crippen LogP contribution is 2.49. The topological polar surface area (TPSA) is 55.4 Å². The van der Waals surface area contributed by atoms with Crippen LogP contribution in [0.25, 0.3) is 0 Å². The van der Waals surface area contributed by atoms with Gasteiger partial charge in [0.15, 0.2) is 6.61 Å². The molecule has 2 saturated carbocycles. The number of rotatable bonds is 5. The third-order valence-corrected chi connectivity index (χ3v) is 5.73. The summed E-state index contributed by atoms with van der Waals surface area (Å²) in [4.78, 5) is 23.8. The molecule has 0 saturated heterocycles. The molecule has 23 heavy (non-hydrogen) atoms. The maximum absolute atomic E-state index is 11.9. The molecule has 2 bridgehead atoms. The molecule has 0 unspecified atom stereocenters. The fourth-order valence-corrected chi connectivity index (χ4v) is 4.55. The maximum Gasteiger partial charge on any atom is 0.306 e. The van der Waals surface area contributed by atoms with Crippen LogP contribution in [0, 0.1) is 24.7 Å². The van der Waals surface area contributed by atoms with Crippen molar-refractivity contribution < 1.29 is 14.3 Å². The normalized spacial score (nSPS) is 25.4. The average Bonchev–Trinajstić information content (AvgIpc) is 3.11. The number of carbonyl (C=O) groups is 2. The molecule has 2 aliphatic rings. The van der Waals surface area contributed by atoms with Crippen molar-refractivity contribution in [2.24, 2.45) is 17.8 Å². The predicted molar refractivity (Wildman–Crippen MR) is 92.0 cm³/mol. The van der Waals surface area contributed by atoms with E-state index in [0.29, 0.717) is 23.9 Å². The zero-order valence-corrected chi connectivity index (χ0v) is 14.9. The minimum Gasteiger partial charge on any atom is -0.456 e. The summed E-state index contributed by atoms with van der Waals surface area (Å²) in [6.45, 7) is 1.76. The number of hydrogen-bond donors (Lipinski definition) is 1. The molecule has 5 heteroatoms. The number of carbonyl (C=O) groups excluding carboxylic acids is 2. The molecule has 0 aliphatic heterocycles. The van der Waals surface area contributed by atoms with Crippen LogP contribution in [0.1, 0.15) is 37.7 Å². The van der Waals surface area contributed by atoms with E-state index in [-0.39, 0.29) is 18.5 Å². The number of ether oxygens (including phenoxy) is 1. The van der Waals surface area contributed by atoms with Crippen LogP contribution in [-0.4, -0.2) is 18.5 Å². The van der Waals surface area contributed by atoms with Gasteiger partial charge in [0.05, 0.1) is 5.69 Å². The van der Waals surface area contributed by atoms with Crippen LogP contribution in [0.15, 0.2) is 22.7 Å². The van der Waals surface area contributed by atoms with E-state index in [4.69, 9.17) is 4.74 Å². The summed E-state index contributed by atoms with van der Waals surface area (Å²) in [6.07, 6.45) is 5.47. The van der Waals surface area contributed by atoms with Gasteiger partial charge in [0.2, 0.25) is 0 Å². The molecule has 1 aromatic carbocycles. The predicted octanol–water partition coefficient (Wildman–Crippen LogP) is 4.07. The Balaban J connectivity index is 1.42. The van der Waals surface area contributed by atoms with Gasteiger partial charge in [-0.05, 0) is 77.6 Å². The summed E-state index contributed by atoms with van der Waals surface area (Å²) in [7, 11) is 0. The molecule has 0 radical (unpaired) electrons. The second kappa shape index (κ2) is 7.04. The van der Waals surface area contributed by atoms with Crippen molar-refractivity contribution in [1.29, 1.82) is 0 Å². The van der Waals surface area contributed by atoms with Gasteiger partial charge in [-0.15, -0.1) is 0 Å². The third-order valence-electron chi connectivity index (χ3n) is 5.08. The smallest absolute Gasteiger partial charge is 0.306 e. The molecule has 0 aromatic heterocycles. The number of hydrogen-bond acceptors (Lipinski definition) is 3. The number of esters is 1. The highest BCUT2D eigenvalue weighted by Gasteiger charge is 2.40. The van der Waals surface area contributed by atoms with E-state index in [1.807, 2.05) is 25.1 Å². The minimum absolute atomic E-state index is 0.222. The molecular weight excluding hydrogens is 358 g/mol. The van der Waals surface area contributed by atoms with E-state index >= 15 is 0 Å². The van der Waals surface area contributed by atoms with Crippen molar-refractivity contribution in [2.75, 3.05) is 11.9 Å². The van der Waals surface area contributed by atoms with Gasteiger partial charge >= 0.3 is 5.97 Å². The monoisotopic (exact) mass is 379 g/mol. The SMILES string of the molecule is Cc1ccc(NC(=O)COC(=O)C[C@@H]2C[C@@H]3CC[C@@H]2C3)c(Br)c1. The number of anilines is 1. The van der Waals surface area contributed by atoms with E-state index in [1.54, 1.807) is 0 Å². The number of nitrogens with one attached hydrogen (secondary N) is 1. The van der Waals surface area contributed by atoms with Crippen LogP contribution >= 0.6 is 15.9 Å². The molecule has 2 aliphatic carbocycles. The lowest BCUT2D eigenvalue weighted by Crippen LogP contribution is -2.23. The Morgan fingerprint density at radius 1 is 1.30 bits per heavy atom. The fourth-order valence-electron chi connectivity index (χ4n) is 3.95. The summed E-state index contributed by atoms with van der Waals surface area (Å²) >= 11 is 3.41. The second-order valence-corrected chi connectivity index (χ2v) is 7.69. The molecule has 3 rings (SSSR count). The lowest BCUT2D eigenvalue weighted by molar-refractivity contribution is -0.148. The lowest BCUT2D eigenvalue weighted by Gasteiger charge is -2.20. The van der Waals surface area contributed by atoms with E-state index in [1.165, 1.54) is 19.3 Å². The Kier molecular flexibility index (Phi) is 5.05. The second-order valence-electron chi connectivity index (χ2n) is 6.83. The van der Waals surface area contributed by atoms with Gasteiger partial charge in [-0.3, -0.25) is 9.59 Å². The van der Waals surface area contributed by atoms with Gasteiger partial charge in [0.25, 0.3) is 5.91 Å². The van der Waals surface area contributed by atoms with Gasteiger partial charge in [0, 0.05) is 10.9 Å². The number of amides is 1. The average molecular weight is 380 g/mol. The zero-order chi connectivity index (χ0) is 16.4. The molecule has 0 heterocycles. The Hall–Kier alpha value is -1.36. The summed E-state index contributed by atoms with van der Waals surface area (Å²) in [5.41, 5.74) is 1.79. The summed E-state index contributed by atoms with van der Waals surface area (Å²) < 4.78 is 5.96. The lowest BCUT2D eigenvalue weighted by atomic mass is 9.86. The zero-order valence-electron chi connectivity index (χ0n) is 13.3. The van der Waals surface area contributed by atoms with E-state index in [9.17, 15) is 9.59 Å². The standard InChI is InChI=1S/C18H22BrNO3/c1-11-2-5-16(15(19)6-11)20-17(21)10-23-18(22)9-14-8-12-3-4-13(14)7-12/h2,5-6,12-14H,3-4,7-10H2,1H3,(H,20,21)/t12-,13-,14+/m1/s1. The molecule has 124 valence electrons. The Morgan fingerprint density at radius 2 is 2.13 bits per heavy atom. The van der Waals surface area contributed by atoms with E-state index in [2.05, 4.69) is 21.2 Å². The van der Waals surface area contributed by atoms with Crippen molar-refractivity contribution in [3.05, 3.63) is 28.2 Å². The molecule has 0 spiro atoms. The Labute approximate surface area is 145 Å². The van der Waals surface area contributed by atoms with Crippen LogP contribution in [-0.2, 0) is 14.3 Å². The first-order valence-corrected chi connectivity index (χ1v) is 9.02.